The average Bonchev–Trinajstić information content (AvgIpc) is 2.08. The van der Waals surface area contributed by atoms with Crippen LogP contribution in [-0.2, 0) is 9.59 Å². The van der Waals surface area contributed by atoms with Crippen molar-refractivity contribution in [2.24, 2.45) is 5.92 Å². The maximum Gasteiger partial charge on any atom is 0.334 e. The zero-order valence-electron chi connectivity index (χ0n) is 7.12. The summed E-state index contributed by atoms with van der Waals surface area (Å²) in [4.78, 5) is 21.1. The van der Waals surface area contributed by atoms with Gasteiger partial charge in [0.1, 0.15) is 6.10 Å². The number of hydrogen-bond acceptors (Lipinski definition) is 4. The molecule has 0 heterocycles. The molecule has 0 aromatic rings. The van der Waals surface area contributed by atoms with E-state index in [1.54, 1.807) is 0 Å². The van der Waals surface area contributed by atoms with E-state index in [9.17, 15) is 19.8 Å². The van der Waals surface area contributed by atoms with Gasteiger partial charge >= 0.3 is 11.9 Å². The van der Waals surface area contributed by atoms with Gasteiger partial charge in [-0.15, -0.1) is 0 Å². The summed E-state index contributed by atoms with van der Waals surface area (Å²) in [6.45, 7) is 0. The van der Waals surface area contributed by atoms with Crippen LogP contribution in [0.1, 0.15) is 6.42 Å². The van der Waals surface area contributed by atoms with Crippen LogP contribution in [0.25, 0.3) is 0 Å². The first kappa shape index (κ1) is 10.7. The highest BCUT2D eigenvalue weighted by molar-refractivity contribution is 5.89. The second-order valence-electron chi connectivity index (χ2n) is 3.12. The van der Waals surface area contributed by atoms with Crippen molar-refractivity contribution in [3.05, 3.63) is 11.6 Å². The van der Waals surface area contributed by atoms with Crippen LogP contribution in [0.15, 0.2) is 11.6 Å². The molecule has 0 amide bonds. The lowest BCUT2D eigenvalue weighted by Gasteiger charge is -2.25. The Morgan fingerprint density at radius 1 is 1.29 bits per heavy atom. The Kier molecular flexibility index (Phi) is 2.87. The number of carboxylic acid groups (broad SMARTS) is 2. The fourth-order valence-electron chi connectivity index (χ4n) is 1.35. The molecular weight excluding hydrogens is 192 g/mol. The molecule has 0 aromatic carbocycles. The van der Waals surface area contributed by atoms with E-state index >= 15 is 0 Å². The van der Waals surface area contributed by atoms with Gasteiger partial charge in [-0.3, -0.25) is 4.79 Å². The van der Waals surface area contributed by atoms with Gasteiger partial charge in [-0.2, -0.15) is 0 Å². The second kappa shape index (κ2) is 3.77. The SMILES string of the molecule is O=C(O)C1=CC(C(=O)O)CC(O)C1O. The minimum absolute atomic E-state index is 0.173. The third-order valence-corrected chi connectivity index (χ3v) is 2.12. The standard InChI is InChI=1S/C8H10O6/c9-5-2-3(7(11)12)1-4(6(5)10)8(13)14/h1,3,5-6,9-10H,2H2,(H,11,12)(H,13,14). The Morgan fingerprint density at radius 3 is 2.29 bits per heavy atom. The molecule has 0 saturated heterocycles. The Hall–Kier alpha value is -1.40. The van der Waals surface area contributed by atoms with Gasteiger partial charge in [0.2, 0.25) is 0 Å². The number of aliphatic hydroxyl groups excluding tert-OH is 2. The van der Waals surface area contributed by atoms with Crippen LogP contribution in [0, 0.1) is 5.92 Å². The third kappa shape index (κ3) is 1.91. The molecule has 0 fully saturated rings. The predicted octanol–water partition coefficient (Wildman–Crippen LogP) is -1.18. The zero-order valence-corrected chi connectivity index (χ0v) is 7.12. The van der Waals surface area contributed by atoms with Crippen molar-refractivity contribution in [1.29, 1.82) is 0 Å². The quantitative estimate of drug-likeness (QED) is 0.448. The summed E-state index contributed by atoms with van der Waals surface area (Å²) in [6, 6.07) is 0. The van der Waals surface area contributed by atoms with E-state index in [2.05, 4.69) is 0 Å². The Morgan fingerprint density at radius 2 is 1.86 bits per heavy atom. The van der Waals surface area contributed by atoms with Gasteiger partial charge in [0.15, 0.2) is 0 Å². The van der Waals surface area contributed by atoms with Crippen molar-refractivity contribution in [3.63, 3.8) is 0 Å². The molecule has 1 aliphatic carbocycles. The highest BCUT2D eigenvalue weighted by Gasteiger charge is 2.35. The van der Waals surface area contributed by atoms with Gasteiger partial charge in [0, 0.05) is 0 Å². The molecule has 3 atom stereocenters. The molecule has 14 heavy (non-hydrogen) atoms. The minimum atomic E-state index is -1.51. The molecule has 3 unspecified atom stereocenters. The first-order chi connectivity index (χ1) is 6.43. The predicted molar refractivity (Wildman–Crippen MR) is 43.5 cm³/mol. The summed E-state index contributed by atoms with van der Waals surface area (Å²) >= 11 is 0. The Bertz CT molecular complexity index is 294. The van der Waals surface area contributed by atoms with Crippen LogP contribution in [0.3, 0.4) is 0 Å². The number of aliphatic carboxylic acids is 2. The van der Waals surface area contributed by atoms with Crippen LogP contribution in [-0.4, -0.2) is 44.6 Å². The zero-order chi connectivity index (χ0) is 10.9. The summed E-state index contributed by atoms with van der Waals surface area (Å²) in [5, 5.41) is 35.6. The lowest BCUT2D eigenvalue weighted by Crippen LogP contribution is -2.38. The fourth-order valence-corrected chi connectivity index (χ4v) is 1.35. The first-order valence-corrected chi connectivity index (χ1v) is 3.97. The van der Waals surface area contributed by atoms with Crippen LogP contribution in [0.4, 0.5) is 0 Å². The summed E-state index contributed by atoms with van der Waals surface area (Å²) in [5.41, 5.74) is -0.462. The van der Waals surface area contributed by atoms with Gasteiger partial charge in [-0.25, -0.2) is 4.79 Å². The summed E-state index contributed by atoms with van der Waals surface area (Å²) < 4.78 is 0. The van der Waals surface area contributed by atoms with E-state index in [-0.39, 0.29) is 6.42 Å². The highest BCUT2D eigenvalue weighted by atomic mass is 16.4. The summed E-state index contributed by atoms with van der Waals surface area (Å²) in [7, 11) is 0. The van der Waals surface area contributed by atoms with Crippen LogP contribution in [0.2, 0.25) is 0 Å². The van der Waals surface area contributed by atoms with Crippen molar-refractivity contribution in [2.45, 2.75) is 18.6 Å². The molecule has 6 nitrogen and oxygen atoms in total. The molecule has 6 heteroatoms. The minimum Gasteiger partial charge on any atom is -0.481 e. The fraction of sp³-hybridized carbons (Fsp3) is 0.500. The van der Waals surface area contributed by atoms with Gasteiger partial charge in [-0.1, -0.05) is 6.08 Å². The van der Waals surface area contributed by atoms with E-state index in [1.165, 1.54) is 0 Å². The van der Waals surface area contributed by atoms with E-state index in [1.807, 2.05) is 0 Å². The molecule has 0 spiro atoms. The van der Waals surface area contributed by atoms with Gasteiger partial charge in [0.25, 0.3) is 0 Å². The number of hydrogen-bond donors (Lipinski definition) is 4. The van der Waals surface area contributed by atoms with Gasteiger partial charge in [0.05, 0.1) is 17.6 Å². The number of carbonyl (C=O) groups is 2. The summed E-state index contributed by atoms with van der Waals surface area (Å²) in [6.07, 6.45) is -2.06. The average molecular weight is 202 g/mol. The molecular formula is C8H10O6. The second-order valence-corrected chi connectivity index (χ2v) is 3.12. The van der Waals surface area contributed by atoms with Crippen molar-refractivity contribution in [3.8, 4) is 0 Å². The van der Waals surface area contributed by atoms with E-state index in [0.717, 1.165) is 6.08 Å². The largest absolute Gasteiger partial charge is 0.481 e. The van der Waals surface area contributed by atoms with E-state index < -0.39 is 35.6 Å². The normalized spacial score (nSPS) is 32.1. The number of carboxylic acids is 2. The highest BCUT2D eigenvalue weighted by Crippen LogP contribution is 2.24. The number of aliphatic hydroxyl groups is 2. The van der Waals surface area contributed by atoms with Crippen LogP contribution < -0.4 is 0 Å². The topological polar surface area (TPSA) is 115 Å². The Balaban J connectivity index is 2.98. The Labute approximate surface area is 79.1 Å². The number of rotatable bonds is 2. The van der Waals surface area contributed by atoms with E-state index in [4.69, 9.17) is 10.2 Å². The lowest BCUT2D eigenvalue weighted by molar-refractivity contribution is -0.142. The molecule has 0 saturated carbocycles. The molecule has 0 aromatic heterocycles. The maximum absolute atomic E-state index is 10.5. The van der Waals surface area contributed by atoms with Crippen molar-refractivity contribution in [2.75, 3.05) is 0 Å². The van der Waals surface area contributed by atoms with Crippen molar-refractivity contribution >= 4 is 11.9 Å². The monoisotopic (exact) mass is 202 g/mol. The molecule has 0 aliphatic heterocycles. The van der Waals surface area contributed by atoms with Crippen molar-refractivity contribution < 1.29 is 30.0 Å². The lowest BCUT2D eigenvalue weighted by atomic mass is 9.86. The maximum atomic E-state index is 10.5. The third-order valence-electron chi connectivity index (χ3n) is 2.12. The molecule has 0 bridgehead atoms. The summed E-state index contributed by atoms with van der Waals surface area (Å²) in [5.74, 6) is -3.68. The van der Waals surface area contributed by atoms with Gasteiger partial charge in [-0.05, 0) is 6.42 Å². The van der Waals surface area contributed by atoms with Gasteiger partial charge < -0.3 is 20.4 Å². The van der Waals surface area contributed by atoms with Crippen LogP contribution >= 0.6 is 0 Å². The smallest absolute Gasteiger partial charge is 0.334 e. The van der Waals surface area contributed by atoms with E-state index in [0.29, 0.717) is 0 Å². The molecule has 1 rings (SSSR count). The van der Waals surface area contributed by atoms with Crippen LogP contribution in [0.5, 0.6) is 0 Å². The first-order valence-electron chi connectivity index (χ1n) is 3.97. The molecule has 4 N–H and O–H groups in total. The molecule has 1 aliphatic rings. The molecule has 78 valence electrons. The van der Waals surface area contributed by atoms with Crippen molar-refractivity contribution in [1.82, 2.24) is 0 Å². The molecule has 0 radical (unpaired) electrons.